The number of oxime groups is 1. The number of amides is 1. The van der Waals surface area contributed by atoms with Crippen LogP contribution in [0.25, 0.3) is 0 Å². The van der Waals surface area contributed by atoms with Crippen LogP contribution in [0.2, 0.25) is 5.02 Å². The Morgan fingerprint density at radius 1 is 1.35 bits per heavy atom. The van der Waals surface area contributed by atoms with E-state index in [0.29, 0.717) is 5.69 Å². The number of pyridine rings is 1. The lowest BCUT2D eigenvalue weighted by atomic mass is 9.87. The molecule has 200 valence electrons. The first kappa shape index (κ1) is 30.1. The molecule has 1 aliphatic rings. The summed E-state index contributed by atoms with van der Waals surface area (Å²) in [7, 11) is 0. The number of rotatable bonds is 9. The van der Waals surface area contributed by atoms with Gasteiger partial charge >= 0.3 is 6.18 Å². The van der Waals surface area contributed by atoms with Crippen molar-refractivity contribution in [2.75, 3.05) is 18.1 Å². The number of carbonyl (C=O) groups is 1. The molecule has 15 heteroatoms. The van der Waals surface area contributed by atoms with Gasteiger partial charge in [0.25, 0.3) is 5.60 Å². The summed E-state index contributed by atoms with van der Waals surface area (Å²) in [6, 6.07) is 3.26. The van der Waals surface area contributed by atoms with Gasteiger partial charge in [0.2, 0.25) is 5.91 Å². The molecular formula is C22H19Br2ClF4N4O2S2. The molecule has 2 N–H and O–H groups in total. The summed E-state index contributed by atoms with van der Waals surface area (Å²) in [4.78, 5) is 23.3. The number of nitrogens with zero attached hydrogens (tertiary/aromatic N) is 3. The number of hydrogen-bond donors (Lipinski definition) is 1. The van der Waals surface area contributed by atoms with Crippen molar-refractivity contribution in [3.8, 4) is 0 Å². The van der Waals surface area contributed by atoms with Gasteiger partial charge in [-0.05, 0) is 55.8 Å². The Morgan fingerprint density at radius 3 is 2.62 bits per heavy atom. The molecule has 0 fully saturated rings. The highest BCUT2D eigenvalue weighted by Crippen LogP contribution is 2.50. The summed E-state index contributed by atoms with van der Waals surface area (Å²) in [5.41, 5.74) is 2.67. The predicted octanol–water partition coefficient (Wildman–Crippen LogP) is 6.35. The van der Waals surface area contributed by atoms with E-state index in [-0.39, 0.29) is 55.0 Å². The lowest BCUT2D eigenvalue weighted by Crippen LogP contribution is -2.42. The highest BCUT2D eigenvalue weighted by atomic mass is 79.9. The predicted molar refractivity (Wildman–Crippen MR) is 146 cm³/mol. The molecule has 2 heterocycles. The average Bonchev–Trinajstić information content (AvgIpc) is 3.28. The molecule has 0 saturated heterocycles. The number of alkyl halides is 3. The largest absolute Gasteiger partial charge is 0.435 e. The molecule has 6 nitrogen and oxygen atoms in total. The monoisotopic (exact) mass is 704 g/mol. The molecule has 0 spiro atoms. The highest BCUT2D eigenvalue weighted by Gasteiger charge is 2.62. The third-order valence-corrected chi connectivity index (χ3v) is 8.64. The third-order valence-electron chi connectivity index (χ3n) is 5.36. The van der Waals surface area contributed by atoms with Crippen LogP contribution in [0.5, 0.6) is 0 Å². The number of hydrogen-bond acceptors (Lipinski definition) is 6. The summed E-state index contributed by atoms with van der Waals surface area (Å²) < 4.78 is 57.1. The highest BCUT2D eigenvalue weighted by molar-refractivity contribution is 9.13. The molecule has 37 heavy (non-hydrogen) atoms. The van der Waals surface area contributed by atoms with E-state index < -0.39 is 29.6 Å². The zero-order chi connectivity index (χ0) is 27.5. The van der Waals surface area contributed by atoms with Gasteiger partial charge < -0.3 is 15.5 Å². The maximum atomic E-state index is 14.3. The van der Waals surface area contributed by atoms with Gasteiger partial charge in [-0.2, -0.15) is 24.9 Å². The molecule has 2 aromatic rings. The smallest absolute Gasteiger partial charge is 0.392 e. The quantitative estimate of drug-likeness (QED) is 0.186. The molecule has 1 aromatic heterocycles. The van der Waals surface area contributed by atoms with Gasteiger partial charge in [-0.15, -0.1) is 0 Å². The topological polar surface area (TPSA) is 80.8 Å². The van der Waals surface area contributed by atoms with Crippen LogP contribution in [0.3, 0.4) is 0 Å². The summed E-state index contributed by atoms with van der Waals surface area (Å²) in [6.45, 7) is 1.94. The number of aromatic nitrogens is 1. The molecule has 1 atom stereocenters. The Labute approximate surface area is 241 Å². The van der Waals surface area contributed by atoms with Crippen LogP contribution in [0.1, 0.15) is 30.2 Å². The molecule has 1 aliphatic heterocycles. The van der Waals surface area contributed by atoms with Crippen molar-refractivity contribution in [1.29, 1.82) is 0 Å². The van der Waals surface area contributed by atoms with Crippen molar-refractivity contribution in [3.05, 3.63) is 61.0 Å². The Hall–Kier alpha value is -1.48. The minimum absolute atomic E-state index is 0.00121. The molecule has 3 rings (SSSR count). The SMILES string of the molecule is CCSCC(=O)N(CC(N)=S)Cc1ncc(C2=NOC(c3cc(F)c(Br)c(Br)c3)(C(F)(F)F)C2)cc1Cl. The molecule has 1 aromatic carbocycles. The molecular weight excluding hydrogens is 688 g/mol. The van der Waals surface area contributed by atoms with E-state index in [1.807, 2.05) is 6.92 Å². The second kappa shape index (κ2) is 12.1. The Balaban J connectivity index is 1.88. The number of benzene rings is 1. The van der Waals surface area contributed by atoms with Crippen LogP contribution < -0.4 is 5.73 Å². The Kier molecular flexibility index (Phi) is 9.87. The zero-order valence-corrected chi connectivity index (χ0v) is 24.6. The van der Waals surface area contributed by atoms with Crippen molar-refractivity contribution in [2.24, 2.45) is 10.9 Å². The standard InChI is InChI=1S/C22H19Br2ClF4N4O2S2/c1-2-37-10-19(34)33(9-18(30)36)8-17-14(25)3-11(7-31-17)16-6-21(35-32-16,22(27,28)29)12-4-13(23)20(24)15(26)5-12/h3-5,7H,2,6,8-10H2,1H3,(H2,30,36). The van der Waals surface area contributed by atoms with Crippen LogP contribution in [-0.4, -0.2) is 50.7 Å². The Morgan fingerprint density at radius 2 is 2.05 bits per heavy atom. The number of carbonyl (C=O) groups excluding carboxylic acids is 1. The molecule has 1 amide bonds. The molecule has 0 bridgehead atoms. The fourth-order valence-electron chi connectivity index (χ4n) is 3.47. The summed E-state index contributed by atoms with van der Waals surface area (Å²) >= 11 is 18.8. The van der Waals surface area contributed by atoms with Crippen LogP contribution in [0, 0.1) is 5.82 Å². The summed E-state index contributed by atoms with van der Waals surface area (Å²) in [5, 5.41) is 3.77. The van der Waals surface area contributed by atoms with Crippen molar-refractivity contribution >= 4 is 84.0 Å². The van der Waals surface area contributed by atoms with Crippen molar-refractivity contribution in [1.82, 2.24) is 9.88 Å². The summed E-state index contributed by atoms with van der Waals surface area (Å²) in [5.74, 6) is -0.145. The van der Waals surface area contributed by atoms with Gasteiger partial charge in [-0.25, -0.2) is 4.39 Å². The van der Waals surface area contributed by atoms with Crippen LogP contribution in [0.4, 0.5) is 17.6 Å². The lowest BCUT2D eigenvalue weighted by Gasteiger charge is -2.29. The molecule has 0 aliphatic carbocycles. The molecule has 0 saturated carbocycles. The van der Waals surface area contributed by atoms with Crippen LogP contribution in [-0.2, 0) is 21.8 Å². The number of thioether (sulfide) groups is 1. The lowest BCUT2D eigenvalue weighted by molar-refractivity contribution is -0.276. The van der Waals surface area contributed by atoms with Crippen LogP contribution >= 0.6 is 67.4 Å². The van der Waals surface area contributed by atoms with E-state index in [9.17, 15) is 22.4 Å². The van der Waals surface area contributed by atoms with Crippen molar-refractivity contribution < 1.29 is 27.2 Å². The molecule has 1 unspecified atom stereocenters. The normalized spacial score (nSPS) is 17.4. The van der Waals surface area contributed by atoms with Gasteiger partial charge in [-0.3, -0.25) is 9.78 Å². The third kappa shape index (κ3) is 6.75. The van der Waals surface area contributed by atoms with Gasteiger partial charge in [-0.1, -0.05) is 35.9 Å². The fourth-order valence-corrected chi connectivity index (χ4v) is 5.08. The maximum absolute atomic E-state index is 14.3. The van der Waals surface area contributed by atoms with Gasteiger partial charge in [0.05, 0.1) is 51.2 Å². The van der Waals surface area contributed by atoms with E-state index >= 15 is 0 Å². The van der Waals surface area contributed by atoms with Crippen LogP contribution in [0.15, 0.2) is 38.5 Å². The van der Waals surface area contributed by atoms with E-state index in [0.717, 1.165) is 17.9 Å². The number of nitrogens with two attached hydrogens (primary N) is 1. The first-order valence-electron chi connectivity index (χ1n) is 10.5. The van der Waals surface area contributed by atoms with Gasteiger partial charge in [0, 0.05) is 21.8 Å². The van der Waals surface area contributed by atoms with E-state index in [1.54, 1.807) is 0 Å². The van der Waals surface area contributed by atoms with E-state index in [1.165, 1.54) is 28.9 Å². The van der Waals surface area contributed by atoms with E-state index in [4.69, 9.17) is 34.4 Å². The maximum Gasteiger partial charge on any atom is 0.435 e. The number of halogens is 7. The fraction of sp³-hybridized carbons (Fsp3) is 0.364. The average molecular weight is 707 g/mol. The first-order chi connectivity index (χ1) is 17.3. The number of thiocarbonyl (C=S) groups is 1. The zero-order valence-electron chi connectivity index (χ0n) is 19.0. The minimum Gasteiger partial charge on any atom is -0.392 e. The first-order valence-corrected chi connectivity index (χ1v) is 14.1. The van der Waals surface area contributed by atoms with Crippen molar-refractivity contribution in [3.63, 3.8) is 0 Å². The minimum atomic E-state index is -4.92. The molecule has 0 radical (unpaired) electrons. The van der Waals surface area contributed by atoms with Crippen molar-refractivity contribution in [2.45, 2.75) is 31.7 Å². The summed E-state index contributed by atoms with van der Waals surface area (Å²) in [6.07, 6.45) is -4.37. The van der Waals surface area contributed by atoms with Gasteiger partial charge in [0.15, 0.2) is 0 Å². The van der Waals surface area contributed by atoms with E-state index in [2.05, 4.69) is 42.0 Å². The second-order valence-electron chi connectivity index (χ2n) is 7.89. The second-order valence-corrected chi connectivity index (χ2v) is 11.7. The Bertz CT molecular complexity index is 1230. The van der Waals surface area contributed by atoms with Gasteiger partial charge in [0.1, 0.15) is 5.82 Å².